The van der Waals surface area contributed by atoms with Crippen molar-refractivity contribution in [2.75, 3.05) is 13.6 Å². The lowest BCUT2D eigenvalue weighted by molar-refractivity contribution is -0.0404. The van der Waals surface area contributed by atoms with Gasteiger partial charge in [-0.3, -0.25) is 9.69 Å². The van der Waals surface area contributed by atoms with Gasteiger partial charge in [-0.2, -0.15) is 4.39 Å². The number of fused-ring (bicyclic) bond motifs is 3. The van der Waals surface area contributed by atoms with Crippen LogP contribution in [0.3, 0.4) is 0 Å². The molecule has 136 valence electrons. The molecule has 0 spiro atoms. The van der Waals surface area contributed by atoms with E-state index >= 15 is 0 Å². The second-order valence-electron chi connectivity index (χ2n) is 7.59. The fourth-order valence-corrected chi connectivity index (χ4v) is 4.76. The summed E-state index contributed by atoms with van der Waals surface area (Å²) in [5, 5.41) is 3.15. The lowest BCUT2D eigenvalue weighted by Gasteiger charge is -2.57. The zero-order valence-electron chi connectivity index (χ0n) is 15.0. The Balaban J connectivity index is 1.70. The third-order valence-corrected chi connectivity index (χ3v) is 6.21. The van der Waals surface area contributed by atoms with Gasteiger partial charge in [0, 0.05) is 18.3 Å². The van der Waals surface area contributed by atoms with Crippen LogP contribution in [0.5, 0.6) is 0 Å². The van der Waals surface area contributed by atoms with Crippen LogP contribution >= 0.6 is 0 Å². The molecule has 3 fully saturated rings. The van der Waals surface area contributed by atoms with Crippen LogP contribution in [-0.2, 0) is 0 Å². The van der Waals surface area contributed by atoms with Crippen LogP contribution in [0.15, 0.2) is 48.7 Å². The van der Waals surface area contributed by atoms with Crippen LogP contribution in [-0.4, -0.2) is 34.9 Å². The molecule has 1 atom stereocenters. The van der Waals surface area contributed by atoms with Crippen molar-refractivity contribution in [3.63, 3.8) is 0 Å². The summed E-state index contributed by atoms with van der Waals surface area (Å²) in [6.07, 6.45) is 5.82. The van der Waals surface area contributed by atoms with Crippen molar-refractivity contribution in [2.24, 2.45) is 5.92 Å². The van der Waals surface area contributed by atoms with Gasteiger partial charge in [0.15, 0.2) is 0 Å². The summed E-state index contributed by atoms with van der Waals surface area (Å²) >= 11 is 0. The van der Waals surface area contributed by atoms with Gasteiger partial charge in [0.1, 0.15) is 0 Å². The lowest BCUT2D eigenvalue weighted by atomic mass is 9.66. The van der Waals surface area contributed by atoms with Gasteiger partial charge in [-0.25, -0.2) is 4.98 Å². The highest BCUT2D eigenvalue weighted by molar-refractivity contribution is 5.94. The normalized spacial score (nSPS) is 26.5. The number of aromatic nitrogens is 1. The number of likely N-dealkylation sites (N-methyl/N-ethyl adjacent to an activating group) is 1. The standard InChI is InChI=1S/C21H24FN3O/c1-25-14-15-9-11-21(25,12-10-15)18(16-6-3-2-4-7-16)24-20(26)17-8-5-13-23-19(17)22/h2-8,13,15,18H,9-12,14H2,1H3,(H,24,26). The number of rotatable bonds is 4. The predicted molar refractivity (Wildman–Crippen MR) is 98.2 cm³/mol. The summed E-state index contributed by atoms with van der Waals surface area (Å²) in [7, 11) is 2.15. The number of hydrogen-bond acceptors (Lipinski definition) is 3. The molecule has 1 saturated carbocycles. The van der Waals surface area contributed by atoms with Crippen molar-refractivity contribution in [1.29, 1.82) is 0 Å². The van der Waals surface area contributed by atoms with Gasteiger partial charge in [-0.05, 0) is 56.3 Å². The van der Waals surface area contributed by atoms with Crippen molar-refractivity contribution in [3.05, 3.63) is 65.7 Å². The SMILES string of the molecule is CN1CC2CCC1(C(NC(=O)c1cccnc1F)c1ccccc1)CC2. The number of benzene rings is 1. The molecule has 5 rings (SSSR count). The average Bonchev–Trinajstić information content (AvgIpc) is 2.68. The Hall–Kier alpha value is -2.27. The van der Waals surface area contributed by atoms with Gasteiger partial charge in [0.2, 0.25) is 5.95 Å². The van der Waals surface area contributed by atoms with Crippen LogP contribution in [0.1, 0.15) is 47.6 Å². The molecule has 1 aromatic carbocycles. The molecule has 2 aromatic rings. The number of nitrogens with zero attached hydrogens (tertiary/aromatic N) is 2. The minimum Gasteiger partial charge on any atom is -0.343 e. The first kappa shape index (κ1) is 17.2. The van der Waals surface area contributed by atoms with E-state index < -0.39 is 11.9 Å². The van der Waals surface area contributed by atoms with Crippen LogP contribution in [0, 0.1) is 11.9 Å². The molecule has 1 aliphatic carbocycles. The van der Waals surface area contributed by atoms with Crippen LogP contribution in [0.2, 0.25) is 0 Å². The van der Waals surface area contributed by atoms with E-state index in [0.717, 1.165) is 30.9 Å². The molecule has 26 heavy (non-hydrogen) atoms. The van der Waals surface area contributed by atoms with E-state index in [1.165, 1.54) is 25.1 Å². The first-order chi connectivity index (χ1) is 12.6. The Morgan fingerprint density at radius 1 is 1.23 bits per heavy atom. The molecule has 1 amide bonds. The fourth-order valence-electron chi connectivity index (χ4n) is 4.76. The van der Waals surface area contributed by atoms with Gasteiger partial charge in [0.05, 0.1) is 11.6 Å². The first-order valence-electron chi connectivity index (χ1n) is 9.28. The number of hydrogen-bond donors (Lipinski definition) is 1. The maximum atomic E-state index is 14.0. The van der Waals surface area contributed by atoms with Crippen LogP contribution in [0.25, 0.3) is 0 Å². The lowest BCUT2D eigenvalue weighted by Crippen LogP contribution is -2.62. The van der Waals surface area contributed by atoms with Gasteiger partial charge < -0.3 is 5.32 Å². The number of pyridine rings is 1. The Labute approximate surface area is 153 Å². The number of carbonyl (C=O) groups is 1. The quantitative estimate of drug-likeness (QED) is 0.855. The van der Waals surface area contributed by atoms with E-state index in [4.69, 9.17) is 0 Å². The van der Waals surface area contributed by atoms with Gasteiger partial charge in [-0.15, -0.1) is 0 Å². The molecule has 0 radical (unpaired) electrons. The van der Waals surface area contributed by atoms with Crippen molar-refractivity contribution >= 4 is 5.91 Å². The van der Waals surface area contributed by atoms with E-state index in [-0.39, 0.29) is 17.1 Å². The predicted octanol–water partition coefficient (Wildman–Crippen LogP) is 3.57. The molecular formula is C21H24FN3O. The Morgan fingerprint density at radius 2 is 1.96 bits per heavy atom. The molecule has 1 unspecified atom stereocenters. The van der Waals surface area contributed by atoms with Crippen LogP contribution < -0.4 is 5.32 Å². The average molecular weight is 353 g/mol. The van der Waals surface area contributed by atoms with E-state index in [1.54, 1.807) is 6.07 Å². The smallest absolute Gasteiger partial charge is 0.256 e. The molecule has 1 aromatic heterocycles. The highest BCUT2D eigenvalue weighted by Crippen LogP contribution is 2.48. The monoisotopic (exact) mass is 353 g/mol. The summed E-state index contributed by atoms with van der Waals surface area (Å²) in [6, 6.07) is 12.9. The zero-order valence-corrected chi connectivity index (χ0v) is 15.0. The van der Waals surface area contributed by atoms with E-state index in [0.29, 0.717) is 0 Å². The summed E-state index contributed by atoms with van der Waals surface area (Å²) in [5.74, 6) is -0.375. The molecule has 2 bridgehead atoms. The number of carbonyl (C=O) groups excluding carboxylic acids is 1. The highest BCUT2D eigenvalue weighted by atomic mass is 19.1. The Morgan fingerprint density at radius 3 is 2.62 bits per heavy atom. The zero-order chi connectivity index (χ0) is 18.1. The topological polar surface area (TPSA) is 45.2 Å². The number of piperidine rings is 2. The Bertz CT molecular complexity index is 787. The third kappa shape index (κ3) is 2.90. The third-order valence-electron chi connectivity index (χ3n) is 6.21. The first-order valence-corrected chi connectivity index (χ1v) is 9.28. The molecule has 2 saturated heterocycles. The summed E-state index contributed by atoms with van der Waals surface area (Å²) < 4.78 is 14.0. The van der Waals surface area contributed by atoms with Crippen molar-refractivity contribution in [2.45, 2.75) is 37.3 Å². The molecular weight excluding hydrogens is 329 g/mol. The van der Waals surface area contributed by atoms with Crippen molar-refractivity contribution < 1.29 is 9.18 Å². The minimum absolute atomic E-state index is 0.00280. The second-order valence-corrected chi connectivity index (χ2v) is 7.59. The maximum Gasteiger partial charge on any atom is 0.256 e. The van der Waals surface area contributed by atoms with Gasteiger partial charge in [0.25, 0.3) is 5.91 Å². The van der Waals surface area contributed by atoms with Crippen molar-refractivity contribution in [1.82, 2.24) is 15.2 Å². The van der Waals surface area contributed by atoms with Crippen LogP contribution in [0.4, 0.5) is 4.39 Å². The summed E-state index contributed by atoms with van der Waals surface area (Å²) in [6.45, 7) is 1.06. The number of nitrogens with one attached hydrogen (secondary N) is 1. The van der Waals surface area contributed by atoms with Gasteiger partial charge >= 0.3 is 0 Å². The van der Waals surface area contributed by atoms with E-state index in [9.17, 15) is 9.18 Å². The second kappa shape index (κ2) is 6.80. The molecule has 5 heteroatoms. The molecule has 3 aliphatic rings. The molecule has 1 N–H and O–H groups in total. The fraction of sp³-hybridized carbons (Fsp3) is 0.429. The summed E-state index contributed by atoms with van der Waals surface area (Å²) in [5.41, 5.74) is 0.944. The highest BCUT2D eigenvalue weighted by Gasteiger charge is 2.50. The summed E-state index contributed by atoms with van der Waals surface area (Å²) in [4.78, 5) is 18.9. The Kier molecular flexibility index (Phi) is 4.49. The largest absolute Gasteiger partial charge is 0.343 e. The number of halogens is 1. The molecule has 3 heterocycles. The van der Waals surface area contributed by atoms with E-state index in [1.807, 2.05) is 30.3 Å². The maximum absolute atomic E-state index is 14.0. The minimum atomic E-state index is -0.727. The number of amides is 1. The van der Waals surface area contributed by atoms with Crippen molar-refractivity contribution in [3.8, 4) is 0 Å². The molecule has 4 nitrogen and oxygen atoms in total. The van der Waals surface area contributed by atoms with Gasteiger partial charge in [-0.1, -0.05) is 30.3 Å². The van der Waals surface area contributed by atoms with E-state index in [2.05, 4.69) is 22.2 Å². The molecule has 2 aliphatic heterocycles.